The summed E-state index contributed by atoms with van der Waals surface area (Å²) in [6.07, 6.45) is 5.23. The fourth-order valence-electron chi connectivity index (χ4n) is 5.08. The number of anilines is 1. The zero-order valence-corrected chi connectivity index (χ0v) is 22.2. The molecule has 184 valence electrons. The van der Waals surface area contributed by atoms with Gasteiger partial charge in [0.05, 0.1) is 25.7 Å². The smallest absolute Gasteiger partial charge is 0.243 e. The van der Waals surface area contributed by atoms with Crippen LogP contribution in [0.25, 0.3) is 0 Å². The normalized spacial score (nSPS) is 18.7. The van der Waals surface area contributed by atoms with E-state index in [-0.39, 0.29) is 29.4 Å². The van der Waals surface area contributed by atoms with Gasteiger partial charge < -0.3 is 14.4 Å². The second kappa shape index (κ2) is 10.3. The molecule has 0 bridgehead atoms. The van der Waals surface area contributed by atoms with Gasteiger partial charge in [0.1, 0.15) is 0 Å². The summed E-state index contributed by atoms with van der Waals surface area (Å²) in [6.45, 7) is 1.81. The van der Waals surface area contributed by atoms with Crippen molar-refractivity contribution in [3.8, 4) is 11.5 Å². The molecule has 9 heteroatoms. The number of rotatable bonds is 7. The highest BCUT2D eigenvalue weighted by Gasteiger charge is 2.38. The number of methoxy groups -OCH3 is 2. The van der Waals surface area contributed by atoms with E-state index in [1.807, 2.05) is 25.1 Å². The monoisotopic (exact) mass is 550 g/mol. The first-order valence-corrected chi connectivity index (χ1v) is 13.8. The first-order chi connectivity index (χ1) is 16.3. The van der Waals surface area contributed by atoms with Gasteiger partial charge in [-0.2, -0.15) is 4.31 Å². The molecule has 1 aliphatic heterocycles. The lowest BCUT2D eigenvalue weighted by Crippen LogP contribution is -2.49. The maximum absolute atomic E-state index is 13.9. The lowest BCUT2D eigenvalue weighted by molar-refractivity contribution is -0.119. The predicted octanol–water partition coefficient (Wildman–Crippen LogP) is 4.77. The number of ether oxygens (including phenoxy) is 2. The van der Waals surface area contributed by atoms with Gasteiger partial charge in [0.15, 0.2) is 11.5 Å². The molecule has 1 fully saturated rings. The Hall–Kier alpha value is -2.10. The maximum atomic E-state index is 13.9. The molecule has 0 spiro atoms. The van der Waals surface area contributed by atoms with Crippen LogP contribution in [0, 0.1) is 0 Å². The minimum Gasteiger partial charge on any atom is -0.493 e. The van der Waals surface area contributed by atoms with Crippen molar-refractivity contribution in [1.82, 2.24) is 4.31 Å². The third-order valence-electron chi connectivity index (χ3n) is 6.76. The van der Waals surface area contributed by atoms with Crippen molar-refractivity contribution in [3.05, 3.63) is 46.4 Å². The molecule has 1 saturated carbocycles. The molecule has 2 aromatic rings. The van der Waals surface area contributed by atoms with Crippen LogP contribution >= 0.6 is 15.9 Å². The number of amides is 1. The molecule has 0 unspecified atom stereocenters. The van der Waals surface area contributed by atoms with Crippen molar-refractivity contribution in [2.24, 2.45) is 0 Å². The van der Waals surface area contributed by atoms with E-state index in [4.69, 9.17) is 9.47 Å². The molecule has 0 saturated heterocycles. The van der Waals surface area contributed by atoms with E-state index in [0.717, 1.165) is 54.2 Å². The summed E-state index contributed by atoms with van der Waals surface area (Å²) in [5, 5.41) is 0. The van der Waals surface area contributed by atoms with E-state index >= 15 is 0 Å². The Balaban J connectivity index is 1.68. The average molecular weight is 552 g/mol. The molecule has 0 radical (unpaired) electrons. The van der Waals surface area contributed by atoms with E-state index in [1.54, 1.807) is 11.0 Å². The highest BCUT2D eigenvalue weighted by molar-refractivity contribution is 9.10. The second-order valence-corrected chi connectivity index (χ2v) is 11.8. The van der Waals surface area contributed by atoms with Gasteiger partial charge >= 0.3 is 0 Å². The van der Waals surface area contributed by atoms with Crippen molar-refractivity contribution >= 4 is 37.5 Å². The number of carbonyl (C=O) groups excluding carboxylic acids is 1. The number of hydrogen-bond donors (Lipinski definition) is 0. The van der Waals surface area contributed by atoms with E-state index in [0.29, 0.717) is 11.5 Å². The number of fused-ring (bicyclic) bond motifs is 1. The Morgan fingerprint density at radius 2 is 1.76 bits per heavy atom. The number of nitrogens with zero attached hydrogens (tertiary/aromatic N) is 2. The van der Waals surface area contributed by atoms with Crippen LogP contribution in [0.1, 0.15) is 44.6 Å². The molecular weight excluding hydrogens is 520 g/mol. The standard InChI is InChI=1S/C25H31BrN2O5S/c1-17-13-18-14-19(26)9-11-22(18)28(17)25(29)16-27(20-7-5-4-6-8-20)34(30,31)21-10-12-23(32-2)24(15-21)33-3/h9-12,14-15,17,20H,4-8,13,16H2,1-3H3/t17-/m1/s1. The van der Waals surface area contributed by atoms with Crippen LogP contribution in [0.3, 0.4) is 0 Å². The number of hydrogen-bond acceptors (Lipinski definition) is 5. The number of carbonyl (C=O) groups is 1. The van der Waals surface area contributed by atoms with Crippen LogP contribution in [-0.4, -0.2) is 51.5 Å². The SMILES string of the molecule is COc1ccc(S(=O)(=O)N(CC(=O)N2c3ccc(Br)cc3C[C@H]2C)C2CCCCC2)cc1OC. The molecule has 2 aliphatic rings. The number of sulfonamides is 1. The van der Waals surface area contributed by atoms with Gasteiger partial charge in [-0.1, -0.05) is 35.2 Å². The zero-order chi connectivity index (χ0) is 24.5. The number of halogens is 1. The van der Waals surface area contributed by atoms with Crippen LogP contribution in [-0.2, 0) is 21.2 Å². The summed E-state index contributed by atoms with van der Waals surface area (Å²) >= 11 is 3.50. The molecule has 1 aliphatic carbocycles. The molecule has 0 N–H and O–H groups in total. The minimum atomic E-state index is -3.94. The van der Waals surface area contributed by atoms with Crippen LogP contribution < -0.4 is 14.4 Å². The minimum absolute atomic E-state index is 0.0335. The van der Waals surface area contributed by atoms with Crippen LogP contribution in [0.2, 0.25) is 0 Å². The van der Waals surface area contributed by atoms with Crippen molar-refractivity contribution < 1.29 is 22.7 Å². The molecule has 1 amide bonds. The summed E-state index contributed by atoms with van der Waals surface area (Å²) < 4.78 is 40.7. The molecule has 7 nitrogen and oxygen atoms in total. The fourth-order valence-corrected chi connectivity index (χ4v) is 7.14. The molecule has 1 heterocycles. The van der Waals surface area contributed by atoms with Crippen molar-refractivity contribution in [3.63, 3.8) is 0 Å². The summed E-state index contributed by atoms with van der Waals surface area (Å²) in [5.74, 6) is 0.588. The van der Waals surface area contributed by atoms with Crippen molar-refractivity contribution in [2.75, 3.05) is 25.7 Å². The first-order valence-electron chi connectivity index (χ1n) is 11.6. The molecule has 4 rings (SSSR count). The average Bonchev–Trinajstić information content (AvgIpc) is 3.16. The van der Waals surface area contributed by atoms with E-state index in [1.165, 1.54) is 30.7 Å². The third kappa shape index (κ3) is 4.83. The van der Waals surface area contributed by atoms with E-state index in [2.05, 4.69) is 15.9 Å². The van der Waals surface area contributed by atoms with Gasteiger partial charge in [-0.15, -0.1) is 0 Å². The quantitative estimate of drug-likeness (QED) is 0.496. The molecule has 2 aromatic carbocycles. The lowest BCUT2D eigenvalue weighted by atomic mass is 9.95. The van der Waals surface area contributed by atoms with Crippen LogP contribution in [0.15, 0.2) is 45.8 Å². The van der Waals surface area contributed by atoms with Crippen LogP contribution in [0.4, 0.5) is 5.69 Å². The first kappa shape index (κ1) is 25.0. The van der Waals surface area contributed by atoms with Gasteiger partial charge in [0.2, 0.25) is 15.9 Å². The third-order valence-corrected chi connectivity index (χ3v) is 9.15. The maximum Gasteiger partial charge on any atom is 0.243 e. The zero-order valence-electron chi connectivity index (χ0n) is 19.8. The van der Waals surface area contributed by atoms with Crippen molar-refractivity contribution in [2.45, 2.75) is 62.4 Å². The molecule has 1 atom stereocenters. The van der Waals surface area contributed by atoms with Crippen molar-refractivity contribution in [1.29, 1.82) is 0 Å². The Bertz CT molecular complexity index is 1160. The molecular formula is C25H31BrN2O5S. The Labute approximate surface area is 210 Å². The topological polar surface area (TPSA) is 76.2 Å². The number of benzene rings is 2. The second-order valence-electron chi connectivity index (χ2n) is 8.95. The van der Waals surface area contributed by atoms with Gasteiger partial charge in [-0.3, -0.25) is 4.79 Å². The highest BCUT2D eigenvalue weighted by atomic mass is 79.9. The van der Waals surface area contributed by atoms with Crippen LogP contribution in [0.5, 0.6) is 11.5 Å². The Morgan fingerprint density at radius 1 is 1.06 bits per heavy atom. The van der Waals surface area contributed by atoms with Gasteiger partial charge in [0, 0.05) is 28.3 Å². The van der Waals surface area contributed by atoms with Gasteiger partial charge in [-0.25, -0.2) is 8.42 Å². The Morgan fingerprint density at radius 3 is 2.44 bits per heavy atom. The van der Waals surface area contributed by atoms with E-state index in [9.17, 15) is 13.2 Å². The Kier molecular flexibility index (Phi) is 7.54. The van der Waals surface area contributed by atoms with E-state index < -0.39 is 10.0 Å². The van der Waals surface area contributed by atoms with Gasteiger partial charge in [0.25, 0.3) is 0 Å². The van der Waals surface area contributed by atoms with Gasteiger partial charge in [-0.05, 0) is 62.1 Å². The lowest BCUT2D eigenvalue weighted by Gasteiger charge is -2.34. The summed E-state index contributed by atoms with van der Waals surface area (Å²) in [5.41, 5.74) is 1.94. The summed E-state index contributed by atoms with van der Waals surface area (Å²) in [6, 6.07) is 10.2. The fraction of sp³-hybridized carbons (Fsp3) is 0.480. The summed E-state index contributed by atoms with van der Waals surface area (Å²) in [4.78, 5) is 15.5. The molecule has 0 aromatic heterocycles. The molecule has 34 heavy (non-hydrogen) atoms. The largest absolute Gasteiger partial charge is 0.493 e. The predicted molar refractivity (Wildman–Crippen MR) is 135 cm³/mol. The highest BCUT2D eigenvalue weighted by Crippen LogP contribution is 2.36. The summed E-state index contributed by atoms with van der Waals surface area (Å²) in [7, 11) is -0.962.